The largest absolute Gasteiger partial charge is 0.369 e. The summed E-state index contributed by atoms with van der Waals surface area (Å²) in [6.07, 6.45) is 5.49. The summed E-state index contributed by atoms with van der Waals surface area (Å²) in [5, 5.41) is 7.55. The first-order chi connectivity index (χ1) is 10.4. The molecule has 0 amide bonds. The average molecular weight is 278 g/mol. The lowest BCUT2D eigenvalue weighted by Gasteiger charge is -2.29. The van der Waals surface area contributed by atoms with Crippen molar-refractivity contribution in [3.63, 3.8) is 0 Å². The molecule has 2 aromatic heterocycles. The summed E-state index contributed by atoms with van der Waals surface area (Å²) < 4.78 is 1.75. The van der Waals surface area contributed by atoms with Crippen molar-refractivity contribution in [1.29, 1.82) is 0 Å². The minimum absolute atomic E-state index is 0.746. The first-order valence-electron chi connectivity index (χ1n) is 7.17. The second kappa shape index (κ2) is 5.18. The van der Waals surface area contributed by atoms with E-state index in [2.05, 4.69) is 50.6 Å². The maximum Gasteiger partial charge on any atom is 0.163 e. The van der Waals surface area contributed by atoms with Crippen LogP contribution in [0.3, 0.4) is 0 Å². The number of hydrogen-bond donors (Lipinski definition) is 1. The molecule has 21 heavy (non-hydrogen) atoms. The number of hydrogen-bond acceptors (Lipinski definition) is 4. The van der Waals surface area contributed by atoms with Crippen LogP contribution in [-0.2, 0) is 0 Å². The molecule has 0 bridgehead atoms. The van der Waals surface area contributed by atoms with Crippen LogP contribution in [0.25, 0.3) is 16.8 Å². The normalized spacial score (nSPS) is 15.5. The molecule has 1 N–H and O–H groups in total. The molecule has 105 valence electrons. The fraction of sp³-hybridized carbons (Fsp3) is 0.250. The van der Waals surface area contributed by atoms with Gasteiger partial charge in [-0.25, -0.2) is 9.50 Å². The van der Waals surface area contributed by atoms with Crippen molar-refractivity contribution in [2.45, 2.75) is 0 Å². The molecule has 4 rings (SSSR count). The summed E-state index contributed by atoms with van der Waals surface area (Å²) in [6.45, 7) is 4.24. The van der Waals surface area contributed by atoms with Gasteiger partial charge in [-0.1, -0.05) is 12.1 Å². The van der Waals surface area contributed by atoms with Crippen LogP contribution in [-0.4, -0.2) is 40.8 Å². The Kier molecular flexibility index (Phi) is 3.05. The number of nitrogens with one attached hydrogen (secondary N) is 1. The van der Waals surface area contributed by atoms with Crippen LogP contribution in [0, 0.1) is 6.07 Å². The SMILES string of the molecule is [c]1cnn2cc(-c3ccc(N4CCNCC4)cc3)cnc12. The lowest BCUT2D eigenvalue weighted by atomic mass is 10.1. The minimum Gasteiger partial charge on any atom is -0.369 e. The number of fused-ring (bicyclic) bond motifs is 1. The van der Waals surface area contributed by atoms with E-state index in [9.17, 15) is 0 Å². The first kappa shape index (κ1) is 12.3. The van der Waals surface area contributed by atoms with Crippen LogP contribution < -0.4 is 10.2 Å². The van der Waals surface area contributed by atoms with Crippen LogP contribution in [0.4, 0.5) is 5.69 Å². The fourth-order valence-electron chi connectivity index (χ4n) is 2.69. The highest BCUT2D eigenvalue weighted by Crippen LogP contribution is 2.23. The molecule has 0 spiro atoms. The van der Waals surface area contributed by atoms with Crippen molar-refractivity contribution in [1.82, 2.24) is 19.9 Å². The zero-order chi connectivity index (χ0) is 14.1. The zero-order valence-electron chi connectivity index (χ0n) is 11.7. The van der Waals surface area contributed by atoms with Crippen LogP contribution in [0.1, 0.15) is 0 Å². The average Bonchev–Trinajstić information content (AvgIpc) is 3.03. The van der Waals surface area contributed by atoms with Gasteiger partial charge < -0.3 is 10.2 Å². The van der Waals surface area contributed by atoms with Gasteiger partial charge in [-0.2, -0.15) is 5.10 Å². The van der Waals surface area contributed by atoms with E-state index < -0.39 is 0 Å². The molecule has 5 nitrogen and oxygen atoms in total. The molecule has 1 aliphatic rings. The lowest BCUT2D eigenvalue weighted by Crippen LogP contribution is -2.43. The first-order valence-corrected chi connectivity index (χ1v) is 7.17. The van der Waals surface area contributed by atoms with Crippen LogP contribution >= 0.6 is 0 Å². The van der Waals surface area contributed by atoms with Crippen LogP contribution in [0.15, 0.2) is 42.9 Å². The van der Waals surface area contributed by atoms with Crippen molar-refractivity contribution in [2.75, 3.05) is 31.1 Å². The van der Waals surface area contributed by atoms with E-state index in [4.69, 9.17) is 0 Å². The second-order valence-corrected chi connectivity index (χ2v) is 5.18. The molecule has 1 saturated heterocycles. The van der Waals surface area contributed by atoms with E-state index >= 15 is 0 Å². The van der Waals surface area contributed by atoms with Crippen molar-refractivity contribution < 1.29 is 0 Å². The Morgan fingerprint density at radius 2 is 1.86 bits per heavy atom. The van der Waals surface area contributed by atoms with Gasteiger partial charge in [-0.15, -0.1) is 0 Å². The lowest BCUT2D eigenvalue weighted by molar-refractivity contribution is 0.589. The summed E-state index contributed by atoms with van der Waals surface area (Å²) in [6, 6.07) is 11.6. The molecule has 1 aliphatic heterocycles. The predicted molar refractivity (Wildman–Crippen MR) is 82.3 cm³/mol. The van der Waals surface area contributed by atoms with E-state index in [1.54, 1.807) is 10.7 Å². The van der Waals surface area contributed by atoms with Crippen LogP contribution in [0.5, 0.6) is 0 Å². The van der Waals surface area contributed by atoms with Crippen molar-refractivity contribution in [2.24, 2.45) is 0 Å². The van der Waals surface area contributed by atoms with Gasteiger partial charge in [0, 0.05) is 49.8 Å². The minimum atomic E-state index is 0.746. The predicted octanol–water partition coefficient (Wildman–Crippen LogP) is 1.61. The number of nitrogens with zero attached hydrogens (tertiary/aromatic N) is 4. The molecular formula is C16H16N5. The molecule has 0 unspecified atom stereocenters. The molecule has 5 heteroatoms. The van der Waals surface area contributed by atoms with E-state index in [-0.39, 0.29) is 0 Å². The molecule has 1 radical (unpaired) electrons. The van der Waals surface area contributed by atoms with Gasteiger partial charge in [-0.3, -0.25) is 0 Å². The highest BCUT2D eigenvalue weighted by atomic mass is 15.2. The number of benzene rings is 1. The van der Waals surface area contributed by atoms with E-state index in [0.29, 0.717) is 0 Å². The standard InChI is InChI=1S/C16H16N5/c1-3-15(20-9-7-17-8-10-20)4-2-13(1)14-11-18-16-5-6-19-21(16)12-14/h1-4,6,11-12,17H,7-10H2. The number of piperazine rings is 1. The van der Waals surface area contributed by atoms with E-state index in [1.807, 2.05) is 12.4 Å². The fourth-order valence-corrected chi connectivity index (χ4v) is 2.69. The Bertz CT molecular complexity index is 741. The highest BCUT2D eigenvalue weighted by Gasteiger charge is 2.10. The zero-order valence-corrected chi connectivity index (χ0v) is 11.7. The Morgan fingerprint density at radius 3 is 2.67 bits per heavy atom. The topological polar surface area (TPSA) is 45.5 Å². The van der Waals surface area contributed by atoms with Crippen molar-refractivity contribution in [3.05, 3.63) is 48.9 Å². The second-order valence-electron chi connectivity index (χ2n) is 5.18. The molecule has 0 aliphatic carbocycles. The van der Waals surface area contributed by atoms with E-state index in [0.717, 1.165) is 43.0 Å². The third kappa shape index (κ3) is 2.36. The van der Waals surface area contributed by atoms with Gasteiger partial charge in [0.25, 0.3) is 0 Å². The van der Waals surface area contributed by atoms with Gasteiger partial charge in [-0.05, 0) is 17.7 Å². The third-order valence-electron chi connectivity index (χ3n) is 3.86. The molecule has 0 saturated carbocycles. The van der Waals surface area contributed by atoms with Gasteiger partial charge in [0.05, 0.1) is 12.3 Å². The summed E-state index contributed by atoms with van der Waals surface area (Å²) >= 11 is 0. The summed E-state index contributed by atoms with van der Waals surface area (Å²) in [7, 11) is 0. The molecule has 1 aromatic carbocycles. The molecule has 3 aromatic rings. The Morgan fingerprint density at radius 1 is 1.05 bits per heavy atom. The van der Waals surface area contributed by atoms with Crippen molar-refractivity contribution in [3.8, 4) is 11.1 Å². The number of anilines is 1. The smallest absolute Gasteiger partial charge is 0.163 e. The van der Waals surface area contributed by atoms with Gasteiger partial charge in [0.1, 0.15) is 0 Å². The number of aromatic nitrogens is 3. The van der Waals surface area contributed by atoms with Gasteiger partial charge in [0.15, 0.2) is 5.65 Å². The molecule has 0 atom stereocenters. The third-order valence-corrected chi connectivity index (χ3v) is 3.86. The van der Waals surface area contributed by atoms with Gasteiger partial charge in [0.2, 0.25) is 0 Å². The maximum absolute atomic E-state index is 4.36. The van der Waals surface area contributed by atoms with Crippen LogP contribution in [0.2, 0.25) is 0 Å². The number of rotatable bonds is 2. The van der Waals surface area contributed by atoms with Crippen molar-refractivity contribution >= 4 is 11.3 Å². The quantitative estimate of drug-likeness (QED) is 0.773. The highest BCUT2D eigenvalue weighted by molar-refractivity contribution is 5.66. The summed E-state index contributed by atoms with van der Waals surface area (Å²) in [5.74, 6) is 0. The Hall–Kier alpha value is -2.40. The van der Waals surface area contributed by atoms with Gasteiger partial charge >= 0.3 is 0 Å². The summed E-state index contributed by atoms with van der Waals surface area (Å²) in [4.78, 5) is 6.76. The Balaban J connectivity index is 1.62. The molecule has 3 heterocycles. The molecular weight excluding hydrogens is 262 g/mol. The monoisotopic (exact) mass is 278 g/mol. The maximum atomic E-state index is 4.36. The van der Waals surface area contributed by atoms with E-state index in [1.165, 1.54) is 5.69 Å². The molecule has 1 fully saturated rings. The summed E-state index contributed by atoms with van der Waals surface area (Å²) in [5.41, 5.74) is 4.24. The Labute approximate surface area is 123 Å².